The van der Waals surface area contributed by atoms with Crippen LogP contribution < -0.4 is 0 Å². The molecular weight excluding hydrogens is 396 g/mol. The average molecular weight is 419 g/mol. The first kappa shape index (κ1) is 20.3. The zero-order chi connectivity index (χ0) is 20.3. The predicted octanol–water partition coefficient (Wildman–Crippen LogP) is 3.56. The Morgan fingerprint density at radius 2 is 2.11 bits per heavy atom. The summed E-state index contributed by atoms with van der Waals surface area (Å²) in [4.78, 5) is 29.0. The van der Waals surface area contributed by atoms with Crippen LogP contribution in [-0.2, 0) is 18.2 Å². The maximum Gasteiger partial charge on any atom is 0.340 e. The molecule has 0 bridgehead atoms. The number of rotatable bonds is 8. The molecule has 0 aliphatic rings. The number of thiophene rings is 1. The average Bonchev–Trinajstić information content (AvgIpc) is 3.35. The Balaban J connectivity index is 1.69. The lowest BCUT2D eigenvalue weighted by Crippen LogP contribution is -2.09. The third kappa shape index (κ3) is 4.20. The summed E-state index contributed by atoms with van der Waals surface area (Å²) in [6.07, 6.45) is 0.716. The van der Waals surface area contributed by atoms with Gasteiger partial charge in [0.05, 0.1) is 23.6 Å². The lowest BCUT2D eigenvalue weighted by molar-refractivity contribution is 0.0525. The second kappa shape index (κ2) is 8.74. The maximum atomic E-state index is 12.7. The number of esters is 1. The second-order valence-corrected chi connectivity index (χ2v) is 8.25. The standard InChI is InChI=1S/C19H22N4O3S2/c1-5-26-18(25)16-11(2)17(20-12(16)3)14(24)10-28-19-22-21-15(23(19)4)9-13-7-6-8-27-13/h6-8,20H,5,9-10H2,1-4H3. The van der Waals surface area contributed by atoms with Crippen molar-refractivity contribution < 1.29 is 14.3 Å². The van der Waals surface area contributed by atoms with Gasteiger partial charge in [-0.25, -0.2) is 4.79 Å². The molecule has 3 aromatic heterocycles. The normalized spacial score (nSPS) is 11.0. The smallest absolute Gasteiger partial charge is 0.340 e. The van der Waals surface area contributed by atoms with Gasteiger partial charge in [0.2, 0.25) is 0 Å². The molecular formula is C19H22N4O3S2. The molecule has 7 nitrogen and oxygen atoms in total. The number of thioether (sulfide) groups is 1. The van der Waals surface area contributed by atoms with Crippen LogP contribution in [0.5, 0.6) is 0 Å². The lowest BCUT2D eigenvalue weighted by Gasteiger charge is -2.04. The molecule has 0 spiro atoms. The number of aryl methyl sites for hydroxylation is 1. The van der Waals surface area contributed by atoms with Crippen molar-refractivity contribution in [3.8, 4) is 0 Å². The van der Waals surface area contributed by atoms with Gasteiger partial charge in [0.1, 0.15) is 5.82 Å². The van der Waals surface area contributed by atoms with E-state index in [2.05, 4.69) is 21.2 Å². The van der Waals surface area contributed by atoms with E-state index < -0.39 is 5.97 Å². The quantitative estimate of drug-likeness (QED) is 0.342. The fraction of sp³-hybridized carbons (Fsp3) is 0.368. The molecule has 0 saturated carbocycles. The molecule has 0 unspecified atom stereocenters. The van der Waals surface area contributed by atoms with Crippen molar-refractivity contribution in [2.24, 2.45) is 7.05 Å². The van der Waals surface area contributed by atoms with Crippen LogP contribution in [-0.4, -0.2) is 43.9 Å². The first-order valence-electron chi connectivity index (χ1n) is 8.85. The monoisotopic (exact) mass is 418 g/mol. The number of Topliss-reactive ketones (excluding diaryl/α,β-unsaturated/α-hetero) is 1. The van der Waals surface area contributed by atoms with Crippen LogP contribution in [0.15, 0.2) is 22.7 Å². The SMILES string of the molecule is CCOC(=O)c1c(C)[nH]c(C(=O)CSc2nnc(Cc3cccs3)n2C)c1C. The third-order valence-corrected chi connectivity index (χ3v) is 6.26. The van der Waals surface area contributed by atoms with Crippen molar-refractivity contribution in [1.29, 1.82) is 0 Å². The summed E-state index contributed by atoms with van der Waals surface area (Å²) in [6.45, 7) is 5.57. The first-order valence-corrected chi connectivity index (χ1v) is 10.7. The lowest BCUT2D eigenvalue weighted by atomic mass is 10.1. The molecule has 0 aliphatic carbocycles. The number of nitrogens with one attached hydrogen (secondary N) is 1. The molecule has 0 aliphatic heterocycles. The van der Waals surface area contributed by atoms with Gasteiger partial charge < -0.3 is 14.3 Å². The summed E-state index contributed by atoms with van der Waals surface area (Å²) in [5.74, 6) is 0.554. The number of ether oxygens (including phenoxy) is 1. The van der Waals surface area contributed by atoms with E-state index in [0.717, 1.165) is 5.82 Å². The number of nitrogens with zero attached hydrogens (tertiary/aromatic N) is 3. The van der Waals surface area contributed by atoms with Gasteiger partial charge in [0.25, 0.3) is 0 Å². The van der Waals surface area contributed by atoms with Gasteiger partial charge in [-0.05, 0) is 37.8 Å². The van der Waals surface area contributed by atoms with Crippen LogP contribution in [0.3, 0.4) is 0 Å². The molecule has 0 atom stereocenters. The van der Waals surface area contributed by atoms with Gasteiger partial charge in [0.15, 0.2) is 10.9 Å². The second-order valence-electron chi connectivity index (χ2n) is 6.27. The van der Waals surface area contributed by atoms with Crippen LogP contribution in [0, 0.1) is 13.8 Å². The molecule has 3 rings (SSSR count). The summed E-state index contributed by atoms with van der Waals surface area (Å²) in [7, 11) is 1.90. The molecule has 1 N–H and O–H groups in total. The van der Waals surface area contributed by atoms with Crippen LogP contribution in [0.2, 0.25) is 0 Å². The van der Waals surface area contributed by atoms with Crippen molar-refractivity contribution in [2.75, 3.05) is 12.4 Å². The van der Waals surface area contributed by atoms with Crippen molar-refractivity contribution in [1.82, 2.24) is 19.7 Å². The number of H-pyrrole nitrogens is 1. The molecule has 28 heavy (non-hydrogen) atoms. The summed E-state index contributed by atoms with van der Waals surface area (Å²) >= 11 is 3.01. The van der Waals surface area contributed by atoms with E-state index in [1.165, 1.54) is 16.6 Å². The van der Waals surface area contributed by atoms with Crippen molar-refractivity contribution >= 4 is 34.9 Å². The van der Waals surface area contributed by atoms with E-state index in [-0.39, 0.29) is 11.5 Å². The zero-order valence-electron chi connectivity index (χ0n) is 16.2. The topological polar surface area (TPSA) is 89.9 Å². The molecule has 0 saturated heterocycles. The molecule has 3 heterocycles. The summed E-state index contributed by atoms with van der Waals surface area (Å²) in [5, 5.41) is 11.2. The highest BCUT2D eigenvalue weighted by Crippen LogP contribution is 2.23. The Morgan fingerprint density at radius 3 is 2.79 bits per heavy atom. The number of aromatic nitrogens is 4. The minimum Gasteiger partial charge on any atom is -0.462 e. The van der Waals surface area contributed by atoms with Crippen molar-refractivity contribution in [2.45, 2.75) is 32.3 Å². The molecule has 0 amide bonds. The van der Waals surface area contributed by atoms with Crippen LogP contribution in [0.1, 0.15) is 49.7 Å². The highest BCUT2D eigenvalue weighted by Gasteiger charge is 2.23. The van der Waals surface area contributed by atoms with E-state index >= 15 is 0 Å². The number of hydrogen-bond donors (Lipinski definition) is 1. The van der Waals surface area contributed by atoms with E-state index in [0.29, 0.717) is 40.7 Å². The summed E-state index contributed by atoms with van der Waals surface area (Å²) in [5.41, 5.74) is 2.14. The maximum absolute atomic E-state index is 12.7. The highest BCUT2D eigenvalue weighted by molar-refractivity contribution is 7.99. The summed E-state index contributed by atoms with van der Waals surface area (Å²) in [6, 6.07) is 4.07. The van der Waals surface area contributed by atoms with E-state index in [1.807, 2.05) is 23.1 Å². The Hall–Kier alpha value is -2.39. The largest absolute Gasteiger partial charge is 0.462 e. The van der Waals surface area contributed by atoms with E-state index in [4.69, 9.17) is 4.74 Å². The zero-order valence-corrected chi connectivity index (χ0v) is 17.9. The van der Waals surface area contributed by atoms with Gasteiger partial charge in [-0.1, -0.05) is 17.8 Å². The molecule has 0 radical (unpaired) electrons. The minimum atomic E-state index is -0.410. The minimum absolute atomic E-state index is 0.0936. The van der Waals surface area contributed by atoms with E-state index in [1.54, 1.807) is 32.1 Å². The third-order valence-electron chi connectivity index (χ3n) is 4.37. The Kier molecular flexibility index (Phi) is 6.35. The molecule has 0 aromatic carbocycles. The van der Waals surface area contributed by atoms with Crippen LogP contribution in [0.4, 0.5) is 0 Å². The number of ketones is 1. The van der Waals surface area contributed by atoms with Crippen LogP contribution in [0.25, 0.3) is 0 Å². The van der Waals surface area contributed by atoms with Crippen molar-refractivity contribution in [3.63, 3.8) is 0 Å². The van der Waals surface area contributed by atoms with E-state index in [9.17, 15) is 9.59 Å². The van der Waals surface area contributed by atoms with Gasteiger partial charge in [0, 0.05) is 24.0 Å². The van der Waals surface area contributed by atoms with Crippen LogP contribution >= 0.6 is 23.1 Å². The summed E-state index contributed by atoms with van der Waals surface area (Å²) < 4.78 is 6.99. The molecule has 9 heteroatoms. The molecule has 3 aromatic rings. The number of carbonyl (C=O) groups is 2. The fourth-order valence-electron chi connectivity index (χ4n) is 2.93. The molecule has 0 fully saturated rings. The Bertz CT molecular complexity index is 989. The van der Waals surface area contributed by atoms with Crippen molar-refractivity contribution in [3.05, 3.63) is 50.7 Å². The number of aromatic amines is 1. The first-order chi connectivity index (χ1) is 13.4. The Labute approximate surface area is 171 Å². The fourth-order valence-corrected chi connectivity index (χ4v) is 4.44. The van der Waals surface area contributed by atoms with Gasteiger partial charge >= 0.3 is 5.97 Å². The predicted molar refractivity (Wildman–Crippen MR) is 109 cm³/mol. The molecule has 148 valence electrons. The van der Waals surface area contributed by atoms with Gasteiger partial charge in [-0.3, -0.25) is 4.79 Å². The van der Waals surface area contributed by atoms with Gasteiger partial charge in [-0.2, -0.15) is 0 Å². The number of carbonyl (C=O) groups excluding carboxylic acids is 2. The number of hydrogen-bond acceptors (Lipinski definition) is 7. The highest BCUT2D eigenvalue weighted by atomic mass is 32.2. The van der Waals surface area contributed by atoms with Gasteiger partial charge in [-0.15, -0.1) is 21.5 Å². The Morgan fingerprint density at radius 1 is 1.32 bits per heavy atom.